The molecule has 0 N–H and O–H groups in total. The minimum absolute atomic E-state index is 0.107. The summed E-state index contributed by atoms with van der Waals surface area (Å²) in [6.07, 6.45) is 3.55. The number of hydrogen-bond donors (Lipinski definition) is 0. The van der Waals surface area contributed by atoms with Gasteiger partial charge in [0.15, 0.2) is 0 Å². The van der Waals surface area contributed by atoms with Crippen LogP contribution in [0.2, 0.25) is 0 Å². The van der Waals surface area contributed by atoms with Crippen LogP contribution in [-0.2, 0) is 11.3 Å². The van der Waals surface area contributed by atoms with Crippen LogP contribution >= 0.6 is 0 Å². The Morgan fingerprint density at radius 3 is 2.52 bits per heavy atom. The third kappa shape index (κ3) is 4.47. The average Bonchev–Trinajstić information content (AvgIpc) is 3.22. The largest absolute Gasteiger partial charge is 0.486 e. The molecule has 2 aromatic heterocycles. The Bertz CT molecular complexity index is 1090. The molecular weight excluding hydrogens is 396 g/mol. The number of nitrogens with zero attached hydrogens (tertiary/aromatic N) is 4. The lowest BCUT2D eigenvalue weighted by molar-refractivity contribution is 0.0567. The van der Waals surface area contributed by atoms with Gasteiger partial charge in [0.05, 0.1) is 17.9 Å². The van der Waals surface area contributed by atoms with Gasteiger partial charge in [-0.3, -0.25) is 4.79 Å². The maximum atomic E-state index is 13.1. The van der Waals surface area contributed by atoms with Crippen LogP contribution < -0.4 is 4.74 Å². The quantitative estimate of drug-likeness (QED) is 0.631. The highest BCUT2D eigenvalue weighted by atomic mass is 16.6. The van der Waals surface area contributed by atoms with E-state index in [9.17, 15) is 9.59 Å². The molecule has 0 bridgehead atoms. The Balaban J connectivity index is 1.43. The molecule has 0 radical (unpaired) electrons. The van der Waals surface area contributed by atoms with Gasteiger partial charge in [-0.2, -0.15) is 0 Å². The van der Waals surface area contributed by atoms with E-state index in [2.05, 4.69) is 4.98 Å². The number of amides is 2. The van der Waals surface area contributed by atoms with Crippen molar-refractivity contribution in [3.8, 4) is 5.75 Å². The van der Waals surface area contributed by atoms with Gasteiger partial charge in [-0.05, 0) is 37.6 Å². The molecule has 4 rings (SSSR count). The highest BCUT2D eigenvalue weighted by Crippen LogP contribution is 2.22. The van der Waals surface area contributed by atoms with Gasteiger partial charge < -0.3 is 23.7 Å². The van der Waals surface area contributed by atoms with Crippen LogP contribution in [0.4, 0.5) is 4.79 Å². The number of fused-ring (bicyclic) bond motifs is 1. The van der Waals surface area contributed by atoms with E-state index in [0.29, 0.717) is 44.1 Å². The third-order valence-electron chi connectivity index (χ3n) is 5.31. The van der Waals surface area contributed by atoms with Gasteiger partial charge in [0.25, 0.3) is 5.91 Å². The van der Waals surface area contributed by atoms with E-state index >= 15 is 0 Å². The second-order valence-electron chi connectivity index (χ2n) is 7.42. The van der Waals surface area contributed by atoms with Crippen molar-refractivity contribution < 1.29 is 19.1 Å². The number of carbonyl (C=O) groups is 2. The van der Waals surface area contributed by atoms with Crippen LogP contribution in [-0.4, -0.2) is 64.0 Å². The molecule has 0 aliphatic carbocycles. The second-order valence-corrected chi connectivity index (χ2v) is 7.42. The van der Waals surface area contributed by atoms with E-state index in [1.165, 1.54) is 0 Å². The molecule has 0 spiro atoms. The van der Waals surface area contributed by atoms with E-state index < -0.39 is 0 Å². The topological polar surface area (TPSA) is 76.4 Å². The molecule has 3 aromatic rings. The fraction of sp³-hybridized carbons (Fsp3) is 0.348. The van der Waals surface area contributed by atoms with Crippen molar-refractivity contribution in [1.29, 1.82) is 0 Å². The molecule has 2 amide bonds. The number of imidazole rings is 1. The lowest BCUT2D eigenvalue weighted by atomic mass is 10.1. The number of pyridine rings is 1. The van der Waals surface area contributed by atoms with Crippen molar-refractivity contribution in [2.75, 3.05) is 32.8 Å². The molecule has 162 valence electrons. The summed E-state index contributed by atoms with van der Waals surface area (Å²) in [5.41, 5.74) is 3.28. The summed E-state index contributed by atoms with van der Waals surface area (Å²) in [5, 5.41) is 0. The summed E-state index contributed by atoms with van der Waals surface area (Å²) < 4.78 is 13.0. The van der Waals surface area contributed by atoms with Crippen LogP contribution in [0, 0.1) is 6.92 Å². The molecule has 1 aliphatic rings. The number of benzene rings is 1. The SMILES string of the molecule is CCOC(=O)N1CCN(C(=O)c2ccccc2OCc2cn3cccc(C)c3n2)CC1. The number of hydrogen-bond acceptors (Lipinski definition) is 5. The Labute approximate surface area is 181 Å². The summed E-state index contributed by atoms with van der Waals surface area (Å²) in [7, 11) is 0. The molecule has 1 aliphatic heterocycles. The van der Waals surface area contributed by atoms with Crippen LogP contribution in [0.15, 0.2) is 48.8 Å². The highest BCUT2D eigenvalue weighted by Gasteiger charge is 2.27. The van der Waals surface area contributed by atoms with E-state index in [1.807, 2.05) is 48.0 Å². The van der Waals surface area contributed by atoms with E-state index in [-0.39, 0.29) is 18.6 Å². The summed E-state index contributed by atoms with van der Waals surface area (Å²) in [6.45, 7) is 6.22. The first-order valence-corrected chi connectivity index (χ1v) is 10.4. The van der Waals surface area contributed by atoms with E-state index in [1.54, 1.807) is 28.9 Å². The first-order valence-electron chi connectivity index (χ1n) is 10.4. The van der Waals surface area contributed by atoms with Crippen molar-refractivity contribution in [1.82, 2.24) is 19.2 Å². The molecular formula is C23H26N4O4. The summed E-state index contributed by atoms with van der Waals surface area (Å²) in [6, 6.07) is 11.2. The minimum atomic E-state index is -0.332. The van der Waals surface area contributed by atoms with Gasteiger partial charge in [-0.25, -0.2) is 9.78 Å². The molecule has 0 saturated carbocycles. The summed E-state index contributed by atoms with van der Waals surface area (Å²) in [4.78, 5) is 33.0. The van der Waals surface area contributed by atoms with Crippen LogP contribution in [0.1, 0.15) is 28.5 Å². The molecule has 8 nitrogen and oxygen atoms in total. The number of piperazine rings is 1. The second kappa shape index (κ2) is 9.07. The fourth-order valence-corrected chi connectivity index (χ4v) is 3.67. The van der Waals surface area contributed by atoms with Gasteiger partial charge in [-0.1, -0.05) is 18.2 Å². The van der Waals surface area contributed by atoms with Gasteiger partial charge in [0.2, 0.25) is 0 Å². The van der Waals surface area contributed by atoms with Gasteiger partial charge in [-0.15, -0.1) is 0 Å². The molecule has 0 atom stereocenters. The Hall–Kier alpha value is -3.55. The predicted molar refractivity (Wildman–Crippen MR) is 115 cm³/mol. The number of aryl methyl sites for hydroxylation is 1. The zero-order valence-electron chi connectivity index (χ0n) is 17.8. The molecule has 1 saturated heterocycles. The van der Waals surface area contributed by atoms with E-state index in [0.717, 1.165) is 16.9 Å². The van der Waals surface area contributed by atoms with Crippen molar-refractivity contribution >= 4 is 17.6 Å². The molecule has 1 aromatic carbocycles. The van der Waals surface area contributed by atoms with Gasteiger partial charge in [0.1, 0.15) is 18.0 Å². The number of para-hydroxylation sites is 1. The van der Waals surface area contributed by atoms with Crippen molar-refractivity contribution in [3.63, 3.8) is 0 Å². The predicted octanol–water partition coefficient (Wildman–Crippen LogP) is 3.14. The monoisotopic (exact) mass is 422 g/mol. The fourth-order valence-electron chi connectivity index (χ4n) is 3.67. The standard InChI is InChI=1S/C23H26N4O4/c1-3-30-23(29)26-13-11-25(12-14-26)22(28)19-8-4-5-9-20(19)31-16-18-15-27-10-6-7-17(2)21(27)24-18/h4-10,15H,3,11-14,16H2,1-2H3. The molecule has 0 unspecified atom stereocenters. The van der Waals surface area contributed by atoms with Crippen molar-refractivity contribution in [2.24, 2.45) is 0 Å². The van der Waals surface area contributed by atoms with Crippen LogP contribution in [0.3, 0.4) is 0 Å². The maximum absolute atomic E-state index is 13.1. The molecule has 3 heterocycles. The van der Waals surface area contributed by atoms with E-state index in [4.69, 9.17) is 9.47 Å². The first kappa shape index (κ1) is 20.7. The average molecular weight is 422 g/mol. The number of aromatic nitrogens is 2. The third-order valence-corrected chi connectivity index (χ3v) is 5.31. The van der Waals surface area contributed by atoms with Gasteiger partial charge >= 0.3 is 6.09 Å². The Kier molecular flexibility index (Phi) is 6.06. The normalized spacial score (nSPS) is 14.0. The lowest BCUT2D eigenvalue weighted by Gasteiger charge is -2.34. The highest BCUT2D eigenvalue weighted by molar-refractivity contribution is 5.97. The first-order chi connectivity index (χ1) is 15.1. The van der Waals surface area contributed by atoms with Crippen LogP contribution in [0.5, 0.6) is 5.75 Å². The molecule has 31 heavy (non-hydrogen) atoms. The zero-order valence-corrected chi connectivity index (χ0v) is 17.8. The number of carbonyl (C=O) groups excluding carboxylic acids is 2. The summed E-state index contributed by atoms with van der Waals surface area (Å²) >= 11 is 0. The lowest BCUT2D eigenvalue weighted by Crippen LogP contribution is -2.50. The smallest absolute Gasteiger partial charge is 0.409 e. The molecule has 8 heteroatoms. The Morgan fingerprint density at radius 2 is 1.77 bits per heavy atom. The minimum Gasteiger partial charge on any atom is -0.486 e. The van der Waals surface area contributed by atoms with Gasteiger partial charge in [0, 0.05) is 38.6 Å². The molecule has 1 fully saturated rings. The van der Waals surface area contributed by atoms with Crippen LogP contribution in [0.25, 0.3) is 5.65 Å². The van der Waals surface area contributed by atoms with Crippen molar-refractivity contribution in [3.05, 3.63) is 65.6 Å². The number of rotatable bonds is 5. The zero-order chi connectivity index (χ0) is 21.8. The summed E-state index contributed by atoms with van der Waals surface area (Å²) in [5.74, 6) is 0.416. The Morgan fingerprint density at radius 1 is 1.03 bits per heavy atom. The maximum Gasteiger partial charge on any atom is 0.409 e. The number of ether oxygens (including phenoxy) is 2. The van der Waals surface area contributed by atoms with Crippen molar-refractivity contribution in [2.45, 2.75) is 20.5 Å².